The zero-order valence-electron chi connectivity index (χ0n) is 16.9. The molecule has 1 N–H and O–H groups in total. The van der Waals surface area contributed by atoms with Crippen LogP contribution in [0, 0.1) is 0 Å². The zero-order chi connectivity index (χ0) is 21.1. The Balaban J connectivity index is 1.54. The highest BCUT2D eigenvalue weighted by atomic mass is 16.2. The summed E-state index contributed by atoms with van der Waals surface area (Å²) in [7, 11) is 0. The second-order valence-electron chi connectivity index (χ2n) is 7.20. The first-order chi connectivity index (χ1) is 14.5. The molecule has 7 heteroatoms. The smallest absolute Gasteiger partial charge is 0.293 e. The number of fused-ring (bicyclic) bond motifs is 1. The van der Waals surface area contributed by atoms with E-state index in [-0.39, 0.29) is 24.1 Å². The first kappa shape index (κ1) is 19.6. The molecule has 1 atom stereocenters. The molecule has 0 saturated heterocycles. The number of aromatic nitrogens is 4. The largest absolute Gasteiger partial charge is 0.348 e. The standard InChI is InChI=1S/C23H23N5O2/c1-3-17-9-11-19(12-10-17)20-13-21-23(30)27(24-15-28(21)26-20)14-22(29)25-16(2)18-7-5-4-6-8-18/h4-13,15-16H,3,14H2,1-2H3,(H,25,29). The third kappa shape index (κ3) is 4.00. The molecule has 0 aliphatic heterocycles. The van der Waals surface area contributed by atoms with Crippen LogP contribution in [0.5, 0.6) is 0 Å². The highest BCUT2D eigenvalue weighted by molar-refractivity contribution is 5.76. The molecule has 0 aliphatic carbocycles. The van der Waals surface area contributed by atoms with Gasteiger partial charge in [-0.1, -0.05) is 61.5 Å². The molecule has 0 spiro atoms. The minimum absolute atomic E-state index is 0.155. The Bertz CT molecular complexity index is 1230. The summed E-state index contributed by atoms with van der Waals surface area (Å²) in [6, 6.07) is 19.3. The predicted molar refractivity (Wildman–Crippen MR) is 115 cm³/mol. The van der Waals surface area contributed by atoms with Crippen molar-refractivity contribution in [3.05, 3.63) is 88.5 Å². The molecule has 2 aromatic heterocycles. The van der Waals surface area contributed by atoms with Crippen molar-refractivity contribution < 1.29 is 4.79 Å². The number of carbonyl (C=O) groups excluding carboxylic acids is 1. The number of amides is 1. The normalized spacial score (nSPS) is 12.1. The number of hydrogen-bond acceptors (Lipinski definition) is 4. The molecule has 2 aromatic carbocycles. The summed E-state index contributed by atoms with van der Waals surface area (Å²) in [6.45, 7) is 3.85. The van der Waals surface area contributed by atoms with Gasteiger partial charge in [0.05, 0.1) is 11.7 Å². The number of aryl methyl sites for hydroxylation is 1. The maximum atomic E-state index is 12.8. The minimum atomic E-state index is -0.357. The van der Waals surface area contributed by atoms with E-state index < -0.39 is 0 Å². The third-order valence-corrected chi connectivity index (χ3v) is 5.12. The summed E-state index contributed by atoms with van der Waals surface area (Å²) in [5.41, 5.74) is 3.87. The molecule has 30 heavy (non-hydrogen) atoms. The molecule has 0 fully saturated rings. The van der Waals surface area contributed by atoms with E-state index in [9.17, 15) is 9.59 Å². The highest BCUT2D eigenvalue weighted by Gasteiger charge is 2.14. The van der Waals surface area contributed by atoms with Crippen molar-refractivity contribution in [3.63, 3.8) is 0 Å². The van der Waals surface area contributed by atoms with Crippen molar-refractivity contribution >= 4 is 11.4 Å². The van der Waals surface area contributed by atoms with E-state index in [0.717, 1.165) is 22.2 Å². The van der Waals surface area contributed by atoms with Crippen molar-refractivity contribution in [3.8, 4) is 11.3 Å². The summed E-state index contributed by atoms with van der Waals surface area (Å²) < 4.78 is 2.61. The van der Waals surface area contributed by atoms with Crippen LogP contribution in [0.15, 0.2) is 71.8 Å². The van der Waals surface area contributed by atoms with Crippen LogP contribution >= 0.6 is 0 Å². The average molecular weight is 401 g/mol. The molecule has 4 rings (SSSR count). The van der Waals surface area contributed by atoms with Crippen LogP contribution in [-0.4, -0.2) is 25.3 Å². The van der Waals surface area contributed by atoms with E-state index in [1.54, 1.807) is 6.07 Å². The Kier molecular flexibility index (Phi) is 5.43. The van der Waals surface area contributed by atoms with Gasteiger partial charge in [-0.15, -0.1) is 0 Å². The van der Waals surface area contributed by atoms with Crippen LogP contribution in [0.4, 0.5) is 0 Å². The fourth-order valence-electron chi connectivity index (χ4n) is 3.35. The lowest BCUT2D eigenvalue weighted by Gasteiger charge is -2.14. The van der Waals surface area contributed by atoms with E-state index in [1.165, 1.54) is 16.4 Å². The fourth-order valence-corrected chi connectivity index (χ4v) is 3.35. The number of carbonyl (C=O) groups is 1. The van der Waals surface area contributed by atoms with Crippen LogP contribution in [0.1, 0.15) is 31.0 Å². The van der Waals surface area contributed by atoms with Gasteiger partial charge in [0.15, 0.2) is 0 Å². The fraction of sp³-hybridized carbons (Fsp3) is 0.217. The molecule has 0 saturated carbocycles. The number of benzene rings is 2. The van der Waals surface area contributed by atoms with Gasteiger partial charge in [0.2, 0.25) is 5.91 Å². The molecule has 152 valence electrons. The lowest BCUT2D eigenvalue weighted by Crippen LogP contribution is -2.35. The lowest BCUT2D eigenvalue weighted by atomic mass is 10.1. The molecular weight excluding hydrogens is 378 g/mol. The summed E-state index contributed by atoms with van der Waals surface area (Å²) in [6.07, 6.45) is 2.42. The monoisotopic (exact) mass is 401 g/mol. The van der Waals surface area contributed by atoms with Gasteiger partial charge in [0.25, 0.3) is 5.56 Å². The van der Waals surface area contributed by atoms with Crippen molar-refractivity contribution in [2.75, 3.05) is 0 Å². The molecular formula is C23H23N5O2. The Hall–Kier alpha value is -3.74. The van der Waals surface area contributed by atoms with Crippen LogP contribution < -0.4 is 10.9 Å². The Morgan fingerprint density at radius 1 is 1.10 bits per heavy atom. The van der Waals surface area contributed by atoms with E-state index in [4.69, 9.17) is 0 Å². The Labute approximate surface area is 174 Å². The average Bonchev–Trinajstić information content (AvgIpc) is 3.21. The SMILES string of the molecule is CCc1ccc(-c2cc3c(=O)n(CC(=O)NC(C)c4ccccc4)ncn3n2)cc1. The maximum absolute atomic E-state index is 12.8. The summed E-state index contributed by atoms with van der Waals surface area (Å²) in [5.74, 6) is -0.278. The Morgan fingerprint density at radius 3 is 2.53 bits per heavy atom. The van der Waals surface area contributed by atoms with Crippen molar-refractivity contribution in [2.45, 2.75) is 32.9 Å². The number of rotatable bonds is 6. The topological polar surface area (TPSA) is 81.3 Å². The van der Waals surface area contributed by atoms with Crippen LogP contribution in [-0.2, 0) is 17.8 Å². The highest BCUT2D eigenvalue weighted by Crippen LogP contribution is 2.19. The first-order valence-corrected chi connectivity index (χ1v) is 9.94. The van der Waals surface area contributed by atoms with Crippen molar-refractivity contribution in [1.82, 2.24) is 24.7 Å². The number of nitrogens with one attached hydrogen (secondary N) is 1. The number of nitrogens with zero attached hydrogens (tertiary/aromatic N) is 4. The molecule has 0 radical (unpaired) electrons. The van der Waals surface area contributed by atoms with Gasteiger partial charge in [-0.05, 0) is 30.5 Å². The second kappa shape index (κ2) is 8.32. The van der Waals surface area contributed by atoms with Crippen LogP contribution in [0.25, 0.3) is 16.8 Å². The quantitative estimate of drug-likeness (QED) is 0.539. The zero-order valence-corrected chi connectivity index (χ0v) is 16.9. The van der Waals surface area contributed by atoms with Gasteiger partial charge in [-0.2, -0.15) is 10.2 Å². The van der Waals surface area contributed by atoms with Gasteiger partial charge in [0.1, 0.15) is 18.4 Å². The van der Waals surface area contributed by atoms with Crippen molar-refractivity contribution in [2.24, 2.45) is 0 Å². The molecule has 2 heterocycles. The van der Waals surface area contributed by atoms with E-state index in [0.29, 0.717) is 11.2 Å². The Morgan fingerprint density at radius 2 is 1.83 bits per heavy atom. The van der Waals surface area contributed by atoms with E-state index in [2.05, 4.69) is 22.4 Å². The molecule has 0 bridgehead atoms. The van der Waals surface area contributed by atoms with Crippen LogP contribution in [0.2, 0.25) is 0 Å². The second-order valence-corrected chi connectivity index (χ2v) is 7.20. The summed E-state index contributed by atoms with van der Waals surface area (Å²) in [5, 5.41) is 11.5. The van der Waals surface area contributed by atoms with Gasteiger partial charge in [-0.3, -0.25) is 9.59 Å². The van der Waals surface area contributed by atoms with E-state index >= 15 is 0 Å². The number of hydrogen-bond donors (Lipinski definition) is 1. The first-order valence-electron chi connectivity index (χ1n) is 9.94. The van der Waals surface area contributed by atoms with Gasteiger partial charge >= 0.3 is 0 Å². The van der Waals surface area contributed by atoms with Gasteiger partial charge in [0, 0.05) is 5.56 Å². The molecule has 1 unspecified atom stereocenters. The molecule has 1 amide bonds. The maximum Gasteiger partial charge on any atom is 0.293 e. The molecule has 7 nitrogen and oxygen atoms in total. The molecule has 0 aliphatic rings. The summed E-state index contributed by atoms with van der Waals surface area (Å²) in [4.78, 5) is 25.3. The van der Waals surface area contributed by atoms with Crippen LogP contribution in [0.3, 0.4) is 0 Å². The van der Waals surface area contributed by atoms with Gasteiger partial charge in [-0.25, -0.2) is 9.20 Å². The molecule has 4 aromatic rings. The minimum Gasteiger partial charge on any atom is -0.348 e. The summed E-state index contributed by atoms with van der Waals surface area (Å²) >= 11 is 0. The van der Waals surface area contributed by atoms with E-state index in [1.807, 2.05) is 61.5 Å². The third-order valence-electron chi connectivity index (χ3n) is 5.12. The lowest BCUT2D eigenvalue weighted by molar-refractivity contribution is -0.122. The predicted octanol–water partition coefficient (Wildman–Crippen LogP) is 3.00. The van der Waals surface area contributed by atoms with Crippen molar-refractivity contribution in [1.29, 1.82) is 0 Å². The van der Waals surface area contributed by atoms with Gasteiger partial charge < -0.3 is 5.32 Å².